The first-order chi connectivity index (χ1) is 9.61. The Labute approximate surface area is 119 Å². The third-order valence-corrected chi connectivity index (χ3v) is 4.43. The number of nitrogens with zero attached hydrogens (tertiary/aromatic N) is 1. The third-order valence-electron chi connectivity index (χ3n) is 4.43. The van der Waals surface area contributed by atoms with Crippen LogP contribution in [0.5, 0.6) is 0 Å². The van der Waals surface area contributed by atoms with E-state index in [1.54, 1.807) is 0 Å². The molecule has 1 aromatic rings. The number of benzene rings is 1. The lowest BCUT2D eigenvalue weighted by Gasteiger charge is -2.18. The number of hydrogen-bond donors (Lipinski definition) is 0. The van der Waals surface area contributed by atoms with E-state index in [0.29, 0.717) is 12.1 Å². The number of rotatable bonds is 2. The summed E-state index contributed by atoms with van der Waals surface area (Å²) in [5, 5.41) is 0. The van der Waals surface area contributed by atoms with E-state index in [0.717, 1.165) is 12.8 Å². The number of carbonyl (C=O) groups excluding carboxylic acids is 2. The number of hydrogen-bond acceptors (Lipinski definition) is 2. The van der Waals surface area contributed by atoms with Crippen LogP contribution in [-0.4, -0.2) is 11.8 Å². The number of carbonyl (C=O) groups is 2. The summed E-state index contributed by atoms with van der Waals surface area (Å²) in [6.07, 6.45) is 4.47. The molecule has 1 aliphatic carbocycles. The Morgan fingerprint density at radius 3 is 2.40 bits per heavy atom. The minimum Gasteiger partial charge on any atom is -0.274 e. The molecule has 0 radical (unpaired) electrons. The molecule has 2 atom stereocenters. The lowest BCUT2D eigenvalue weighted by Crippen LogP contribution is -2.30. The Morgan fingerprint density at radius 2 is 1.75 bits per heavy atom. The van der Waals surface area contributed by atoms with E-state index >= 15 is 0 Å². The second-order valence-electron chi connectivity index (χ2n) is 5.74. The molecule has 1 aliphatic heterocycles. The van der Waals surface area contributed by atoms with Gasteiger partial charge in [-0.1, -0.05) is 30.7 Å². The van der Waals surface area contributed by atoms with Crippen molar-refractivity contribution in [1.82, 2.24) is 0 Å². The fourth-order valence-corrected chi connectivity index (χ4v) is 3.17. The van der Waals surface area contributed by atoms with Gasteiger partial charge in [-0.05, 0) is 43.9 Å². The average molecular weight is 269 g/mol. The topological polar surface area (TPSA) is 37.4 Å². The van der Waals surface area contributed by atoms with Crippen LogP contribution in [0.15, 0.2) is 35.9 Å². The molecule has 0 bridgehead atoms. The fourth-order valence-electron chi connectivity index (χ4n) is 3.17. The van der Waals surface area contributed by atoms with Gasteiger partial charge < -0.3 is 0 Å². The van der Waals surface area contributed by atoms with Crippen molar-refractivity contribution in [3.05, 3.63) is 41.5 Å². The highest BCUT2D eigenvalue weighted by Crippen LogP contribution is 2.39. The van der Waals surface area contributed by atoms with Crippen molar-refractivity contribution in [2.24, 2.45) is 11.8 Å². The first kappa shape index (κ1) is 13.1. The molecule has 20 heavy (non-hydrogen) atoms. The van der Waals surface area contributed by atoms with Gasteiger partial charge in [-0.25, -0.2) is 0 Å². The molecule has 0 aromatic heterocycles. The normalized spacial score (nSPS) is 25.7. The predicted molar refractivity (Wildman–Crippen MR) is 78.3 cm³/mol. The maximum absolute atomic E-state index is 12.5. The molecule has 1 heterocycles. The van der Waals surface area contributed by atoms with Crippen LogP contribution in [0.4, 0.5) is 5.69 Å². The van der Waals surface area contributed by atoms with Gasteiger partial charge in [0.2, 0.25) is 11.8 Å². The van der Waals surface area contributed by atoms with Gasteiger partial charge in [0, 0.05) is 0 Å². The van der Waals surface area contributed by atoms with E-state index in [1.807, 2.05) is 31.2 Å². The van der Waals surface area contributed by atoms with Crippen molar-refractivity contribution in [1.29, 1.82) is 0 Å². The number of allylic oxidation sites excluding steroid dienone is 2. The van der Waals surface area contributed by atoms with E-state index in [4.69, 9.17) is 0 Å². The predicted octanol–water partition coefficient (Wildman–Crippen LogP) is 3.09. The van der Waals surface area contributed by atoms with Crippen molar-refractivity contribution < 1.29 is 9.59 Å². The maximum atomic E-state index is 12.5. The number of imide groups is 1. The van der Waals surface area contributed by atoms with Gasteiger partial charge in [0.1, 0.15) is 0 Å². The standard InChI is InChI=1S/C17H19NO2/c1-3-12-5-7-13(8-6-12)18-16(19)14-9-4-11(2)10-15(14)17(18)20/h4-8,14-15H,3,9-10H2,1-2H3. The molecule has 0 saturated carbocycles. The van der Waals surface area contributed by atoms with E-state index < -0.39 is 0 Å². The van der Waals surface area contributed by atoms with Crippen LogP contribution in [0, 0.1) is 11.8 Å². The van der Waals surface area contributed by atoms with Crippen LogP contribution in [0.2, 0.25) is 0 Å². The SMILES string of the molecule is CCc1ccc(N2C(=O)C3CC=C(C)CC3C2=O)cc1. The summed E-state index contributed by atoms with van der Waals surface area (Å²) in [6, 6.07) is 7.74. The van der Waals surface area contributed by atoms with Crippen molar-refractivity contribution in [3.63, 3.8) is 0 Å². The van der Waals surface area contributed by atoms with Crippen LogP contribution < -0.4 is 4.90 Å². The molecule has 3 rings (SSSR count). The molecule has 2 aliphatic rings. The Kier molecular flexibility index (Phi) is 3.20. The van der Waals surface area contributed by atoms with E-state index in [9.17, 15) is 9.59 Å². The zero-order valence-corrected chi connectivity index (χ0v) is 11.9. The lowest BCUT2D eigenvalue weighted by atomic mass is 9.82. The monoisotopic (exact) mass is 269 g/mol. The maximum Gasteiger partial charge on any atom is 0.238 e. The molecule has 0 N–H and O–H groups in total. The van der Waals surface area contributed by atoms with Gasteiger partial charge in [-0.15, -0.1) is 0 Å². The number of amides is 2. The van der Waals surface area contributed by atoms with Crippen molar-refractivity contribution in [2.75, 3.05) is 4.90 Å². The van der Waals surface area contributed by atoms with Gasteiger partial charge in [0.25, 0.3) is 0 Å². The molecular formula is C17H19NO2. The molecular weight excluding hydrogens is 250 g/mol. The Balaban J connectivity index is 1.91. The number of fused-ring (bicyclic) bond motifs is 1. The number of anilines is 1. The van der Waals surface area contributed by atoms with Crippen LogP contribution in [-0.2, 0) is 16.0 Å². The highest BCUT2D eigenvalue weighted by atomic mass is 16.2. The second-order valence-corrected chi connectivity index (χ2v) is 5.74. The Morgan fingerprint density at radius 1 is 1.10 bits per heavy atom. The van der Waals surface area contributed by atoms with Gasteiger partial charge in [0.05, 0.1) is 17.5 Å². The molecule has 1 aromatic carbocycles. The smallest absolute Gasteiger partial charge is 0.238 e. The first-order valence-electron chi connectivity index (χ1n) is 7.24. The summed E-state index contributed by atoms with van der Waals surface area (Å²) in [5.41, 5.74) is 3.14. The Hall–Kier alpha value is -1.90. The van der Waals surface area contributed by atoms with Gasteiger partial charge in [0.15, 0.2) is 0 Å². The third kappa shape index (κ3) is 1.98. The molecule has 2 unspecified atom stereocenters. The number of aryl methyl sites for hydroxylation is 1. The van der Waals surface area contributed by atoms with Crippen LogP contribution >= 0.6 is 0 Å². The van der Waals surface area contributed by atoms with E-state index in [-0.39, 0.29) is 23.7 Å². The summed E-state index contributed by atoms with van der Waals surface area (Å²) >= 11 is 0. The summed E-state index contributed by atoms with van der Waals surface area (Å²) in [4.78, 5) is 26.4. The van der Waals surface area contributed by atoms with Gasteiger partial charge in [-0.2, -0.15) is 0 Å². The first-order valence-corrected chi connectivity index (χ1v) is 7.24. The summed E-state index contributed by atoms with van der Waals surface area (Å²) in [5.74, 6) is -0.375. The van der Waals surface area contributed by atoms with Crippen LogP contribution in [0.1, 0.15) is 32.3 Å². The molecule has 3 nitrogen and oxygen atoms in total. The fraction of sp³-hybridized carbons (Fsp3) is 0.412. The van der Waals surface area contributed by atoms with Crippen molar-refractivity contribution in [2.45, 2.75) is 33.1 Å². The van der Waals surface area contributed by atoms with Crippen LogP contribution in [0.3, 0.4) is 0 Å². The minimum absolute atomic E-state index is 0.0308. The summed E-state index contributed by atoms with van der Waals surface area (Å²) in [6.45, 7) is 4.12. The lowest BCUT2D eigenvalue weighted by molar-refractivity contribution is -0.122. The van der Waals surface area contributed by atoms with Crippen molar-refractivity contribution >= 4 is 17.5 Å². The molecule has 1 saturated heterocycles. The highest BCUT2D eigenvalue weighted by Gasteiger charge is 2.48. The summed E-state index contributed by atoms with van der Waals surface area (Å²) in [7, 11) is 0. The minimum atomic E-state index is -0.156. The van der Waals surface area contributed by atoms with E-state index in [2.05, 4.69) is 13.0 Å². The zero-order valence-electron chi connectivity index (χ0n) is 11.9. The Bertz CT molecular complexity index is 586. The highest BCUT2D eigenvalue weighted by molar-refractivity contribution is 6.22. The molecule has 3 heteroatoms. The molecule has 1 fully saturated rings. The van der Waals surface area contributed by atoms with Crippen molar-refractivity contribution in [3.8, 4) is 0 Å². The quantitative estimate of drug-likeness (QED) is 0.611. The average Bonchev–Trinajstić information content (AvgIpc) is 2.71. The molecule has 0 spiro atoms. The second kappa shape index (κ2) is 4.89. The van der Waals surface area contributed by atoms with Crippen LogP contribution in [0.25, 0.3) is 0 Å². The van der Waals surface area contributed by atoms with E-state index in [1.165, 1.54) is 16.0 Å². The van der Waals surface area contributed by atoms with Gasteiger partial charge in [-0.3, -0.25) is 14.5 Å². The summed E-state index contributed by atoms with van der Waals surface area (Å²) < 4.78 is 0. The largest absolute Gasteiger partial charge is 0.274 e. The molecule has 2 amide bonds. The van der Waals surface area contributed by atoms with Gasteiger partial charge >= 0.3 is 0 Å². The zero-order chi connectivity index (χ0) is 14.3. The molecule has 104 valence electrons.